The van der Waals surface area contributed by atoms with Gasteiger partial charge in [-0.1, -0.05) is 103 Å². The summed E-state index contributed by atoms with van der Waals surface area (Å²) in [6.45, 7) is 13.5. The van der Waals surface area contributed by atoms with E-state index in [0.717, 1.165) is 67.0 Å². The molecule has 0 N–H and O–H groups in total. The van der Waals surface area contributed by atoms with E-state index in [1.165, 1.54) is 21.9 Å². The standard InChI is InChI=1S/C33H24N3O.C14H16NSi.Ir/c1-20-18-21(2)30(22(3)19-20)36-29-15-8-7-14-28(29)34-32(36)26-13-9-12-24-25-16-17-27(23-10-5-4-6-11-23)35-33(25)37-31(24)26;1-16(2,3)13-9-10-14(15-11-13)12-7-5-4-6-8-12;/h4-12,14-19H,1-3H3;4-7,9-11H,1-3H3;/q2*-1;. The summed E-state index contributed by atoms with van der Waals surface area (Å²) in [6.07, 6.45) is 2.02. The molecule has 5 aromatic carbocycles. The molecule has 0 fully saturated rings. The maximum Gasteiger partial charge on any atom is 0.216 e. The number of pyridine rings is 2. The number of furan rings is 1. The summed E-state index contributed by atoms with van der Waals surface area (Å²) < 4.78 is 8.72. The van der Waals surface area contributed by atoms with Gasteiger partial charge >= 0.3 is 0 Å². The van der Waals surface area contributed by atoms with E-state index < -0.39 is 8.07 Å². The molecule has 54 heavy (non-hydrogen) atoms. The van der Waals surface area contributed by atoms with Crippen LogP contribution >= 0.6 is 0 Å². The zero-order valence-electron chi connectivity index (χ0n) is 31.2. The molecule has 4 aromatic heterocycles. The smallest absolute Gasteiger partial charge is 0.216 e. The Balaban J connectivity index is 0.000000223. The quantitative estimate of drug-likeness (QED) is 0.128. The van der Waals surface area contributed by atoms with Crippen molar-refractivity contribution in [2.45, 2.75) is 40.4 Å². The maximum atomic E-state index is 6.47. The first-order valence-electron chi connectivity index (χ1n) is 17.9. The Morgan fingerprint density at radius 1 is 0.667 bits per heavy atom. The summed E-state index contributed by atoms with van der Waals surface area (Å²) in [5.74, 6) is 0.809. The van der Waals surface area contributed by atoms with E-state index in [-0.39, 0.29) is 20.1 Å². The van der Waals surface area contributed by atoms with E-state index >= 15 is 0 Å². The molecular formula is C47H40IrN4OSi-2. The Hall–Kier alpha value is -5.46. The summed E-state index contributed by atoms with van der Waals surface area (Å²) in [6, 6.07) is 49.9. The average molecular weight is 897 g/mol. The van der Waals surface area contributed by atoms with Crippen molar-refractivity contribution in [2.75, 3.05) is 0 Å². The Bertz CT molecular complexity index is 2710. The second kappa shape index (κ2) is 15.1. The summed E-state index contributed by atoms with van der Waals surface area (Å²) in [5.41, 5.74) is 13.0. The van der Waals surface area contributed by atoms with Gasteiger partial charge in [-0.15, -0.1) is 54.1 Å². The van der Waals surface area contributed by atoms with Crippen LogP contribution in [0.25, 0.3) is 72.7 Å². The van der Waals surface area contributed by atoms with Crippen molar-refractivity contribution >= 4 is 46.4 Å². The zero-order chi connectivity index (χ0) is 36.7. The molecule has 269 valence electrons. The van der Waals surface area contributed by atoms with Crippen LogP contribution in [0.2, 0.25) is 19.6 Å². The van der Waals surface area contributed by atoms with Gasteiger partial charge in [-0.25, -0.2) is 4.98 Å². The Morgan fingerprint density at radius 2 is 1.39 bits per heavy atom. The second-order valence-corrected chi connectivity index (χ2v) is 19.7. The summed E-state index contributed by atoms with van der Waals surface area (Å²) in [4.78, 5) is 14.5. The maximum absolute atomic E-state index is 6.47. The van der Waals surface area contributed by atoms with Gasteiger partial charge in [0.2, 0.25) is 5.71 Å². The molecule has 9 aromatic rings. The van der Waals surface area contributed by atoms with Gasteiger partial charge < -0.3 is 14.0 Å². The van der Waals surface area contributed by atoms with Gasteiger partial charge in [0, 0.05) is 42.9 Å². The number of aromatic nitrogens is 4. The molecule has 5 nitrogen and oxygen atoms in total. The van der Waals surface area contributed by atoms with E-state index in [9.17, 15) is 0 Å². The van der Waals surface area contributed by atoms with E-state index in [4.69, 9.17) is 14.4 Å². The third-order valence-electron chi connectivity index (χ3n) is 9.63. The monoisotopic (exact) mass is 897 g/mol. The van der Waals surface area contributed by atoms with Crippen molar-refractivity contribution in [3.8, 4) is 39.6 Å². The first kappa shape index (κ1) is 36.9. The topological polar surface area (TPSA) is 56.7 Å². The SMILES string of the molecule is C[Si](C)(C)c1ccc(-c2[c-]cccc2)nc1.Cc1cc(C)c(-n2c(-c3[c-]ccc4c3oc3nc(-c5ccccc5)ccc34)nc3ccccc32)c(C)c1.[Ir]. The average Bonchev–Trinajstić information content (AvgIpc) is 3.73. The molecule has 0 bridgehead atoms. The van der Waals surface area contributed by atoms with Crippen molar-refractivity contribution in [1.82, 2.24) is 19.5 Å². The number of fused-ring (bicyclic) bond motifs is 4. The number of benzene rings is 5. The van der Waals surface area contributed by atoms with Crippen LogP contribution in [0.5, 0.6) is 0 Å². The van der Waals surface area contributed by atoms with Crippen molar-refractivity contribution in [1.29, 1.82) is 0 Å². The molecule has 0 spiro atoms. The first-order valence-corrected chi connectivity index (χ1v) is 21.4. The van der Waals surface area contributed by atoms with Crippen LogP contribution in [0.1, 0.15) is 16.7 Å². The molecule has 0 aliphatic carbocycles. The Morgan fingerprint density at radius 3 is 2.09 bits per heavy atom. The molecule has 7 heteroatoms. The predicted octanol–water partition coefficient (Wildman–Crippen LogP) is 11.5. The molecular weight excluding hydrogens is 857 g/mol. The molecule has 1 radical (unpaired) electrons. The van der Waals surface area contributed by atoms with Crippen LogP contribution in [0.4, 0.5) is 0 Å². The number of imidazole rings is 1. The third kappa shape index (κ3) is 7.11. The molecule has 9 rings (SSSR count). The van der Waals surface area contributed by atoms with Gasteiger partial charge in [0.25, 0.3) is 0 Å². The normalized spacial score (nSPS) is 11.4. The predicted molar refractivity (Wildman–Crippen MR) is 222 cm³/mol. The number of aryl methyl sites for hydroxylation is 3. The van der Waals surface area contributed by atoms with Crippen LogP contribution in [0, 0.1) is 32.9 Å². The molecule has 0 atom stereocenters. The number of rotatable bonds is 5. The minimum atomic E-state index is -1.23. The fourth-order valence-electron chi connectivity index (χ4n) is 7.05. The number of para-hydroxylation sites is 2. The fourth-order valence-corrected chi connectivity index (χ4v) is 8.09. The second-order valence-electron chi connectivity index (χ2n) is 14.6. The van der Waals surface area contributed by atoms with Crippen LogP contribution in [-0.2, 0) is 20.1 Å². The summed E-state index contributed by atoms with van der Waals surface area (Å²) in [5, 5.41) is 3.38. The molecule has 0 unspecified atom stereocenters. The van der Waals surface area contributed by atoms with E-state index in [1.807, 2.05) is 66.9 Å². The Kier molecular flexibility index (Phi) is 10.3. The van der Waals surface area contributed by atoms with E-state index in [0.29, 0.717) is 5.71 Å². The number of nitrogens with zero attached hydrogens (tertiary/aromatic N) is 4. The minimum Gasteiger partial charge on any atom is -0.486 e. The van der Waals surface area contributed by atoms with Gasteiger partial charge in [0.15, 0.2) is 0 Å². The van der Waals surface area contributed by atoms with Gasteiger partial charge in [0.05, 0.1) is 36.2 Å². The van der Waals surface area contributed by atoms with E-state index in [1.54, 1.807) is 0 Å². The Labute approximate surface area is 331 Å². The first-order chi connectivity index (χ1) is 25.7. The molecule has 0 saturated heterocycles. The summed E-state index contributed by atoms with van der Waals surface area (Å²) >= 11 is 0. The fraction of sp³-hybridized carbons (Fsp3) is 0.128. The van der Waals surface area contributed by atoms with E-state index in [2.05, 4.69) is 129 Å². The zero-order valence-corrected chi connectivity index (χ0v) is 34.6. The van der Waals surface area contributed by atoms with Gasteiger partial charge in [-0.05, 0) is 67.0 Å². The van der Waals surface area contributed by atoms with Crippen molar-refractivity contribution in [2.24, 2.45) is 0 Å². The van der Waals surface area contributed by atoms with Crippen molar-refractivity contribution < 1.29 is 24.5 Å². The minimum absolute atomic E-state index is 0. The van der Waals surface area contributed by atoms with Crippen LogP contribution < -0.4 is 5.19 Å². The van der Waals surface area contributed by atoms with Crippen molar-refractivity contribution in [3.05, 3.63) is 162 Å². The molecule has 0 aliphatic heterocycles. The summed E-state index contributed by atoms with van der Waals surface area (Å²) in [7, 11) is -1.23. The molecule has 0 amide bonds. The van der Waals surface area contributed by atoms with Crippen LogP contribution in [0.3, 0.4) is 0 Å². The van der Waals surface area contributed by atoms with Gasteiger partial charge in [-0.3, -0.25) is 4.98 Å². The number of hydrogen-bond acceptors (Lipinski definition) is 4. The largest absolute Gasteiger partial charge is 0.486 e. The van der Waals surface area contributed by atoms with Gasteiger partial charge in [-0.2, -0.15) is 0 Å². The van der Waals surface area contributed by atoms with Crippen molar-refractivity contribution in [3.63, 3.8) is 0 Å². The molecule has 4 heterocycles. The van der Waals surface area contributed by atoms with Crippen LogP contribution in [-0.4, -0.2) is 27.6 Å². The molecule has 0 aliphatic rings. The van der Waals surface area contributed by atoms with Gasteiger partial charge in [0.1, 0.15) is 0 Å². The number of hydrogen-bond donors (Lipinski definition) is 0. The van der Waals surface area contributed by atoms with Crippen LogP contribution in [0.15, 0.2) is 138 Å². The third-order valence-corrected chi connectivity index (χ3v) is 11.7. The molecule has 0 saturated carbocycles.